The molecular weight excluding hydrogens is 442 g/mol. The summed E-state index contributed by atoms with van der Waals surface area (Å²) in [6.45, 7) is 9.57. The maximum absolute atomic E-state index is 12.4. The number of likely N-dealkylation sites (tertiary alicyclic amines) is 1. The van der Waals surface area contributed by atoms with Crippen molar-refractivity contribution >= 4 is 32.7 Å². The van der Waals surface area contributed by atoms with Crippen LogP contribution in [0.4, 0.5) is 0 Å². The normalized spacial score (nSPS) is 24.2. The summed E-state index contributed by atoms with van der Waals surface area (Å²) in [6.07, 6.45) is 4.93. The molecule has 1 aromatic carbocycles. The van der Waals surface area contributed by atoms with Crippen LogP contribution in [0.3, 0.4) is 0 Å². The first kappa shape index (κ1) is 20.4. The van der Waals surface area contributed by atoms with E-state index in [0.29, 0.717) is 23.3 Å². The largest absolute Gasteiger partial charge is 0.490 e. The van der Waals surface area contributed by atoms with Crippen molar-refractivity contribution in [3.8, 4) is 5.75 Å². The van der Waals surface area contributed by atoms with E-state index < -0.39 is 0 Å². The number of aromatic nitrogens is 1. The summed E-state index contributed by atoms with van der Waals surface area (Å²) in [5, 5.41) is 4.10. The van der Waals surface area contributed by atoms with Gasteiger partial charge in [0.25, 0.3) is 5.91 Å². The first-order valence-electron chi connectivity index (χ1n) is 11.4. The molecule has 3 heterocycles. The van der Waals surface area contributed by atoms with Gasteiger partial charge in [0, 0.05) is 53.0 Å². The molecular formula is C24H32BrN3O2. The van der Waals surface area contributed by atoms with Gasteiger partial charge in [-0.15, -0.1) is 0 Å². The Hall–Kier alpha value is -1.53. The molecule has 30 heavy (non-hydrogen) atoms. The highest BCUT2D eigenvalue weighted by Crippen LogP contribution is 2.50. The maximum Gasteiger partial charge on any atom is 0.268 e. The Morgan fingerprint density at radius 3 is 2.53 bits per heavy atom. The standard InChI is InChI=1S/C24H32BrN3O2/c1-14(2)27-8-6-18(7-9-27)30-22-11-17-10-21-24(29)26-13-15(3)28(21)20(17)12-19(22)23(25)16-4-5-16/h10-12,14-16,18,23H,4-9,13H2,1-3H3,(H,26,29)/t15?,23-/m1/s1. The second kappa shape index (κ2) is 7.86. The van der Waals surface area contributed by atoms with Gasteiger partial charge in [0.1, 0.15) is 17.5 Å². The van der Waals surface area contributed by atoms with Crippen LogP contribution in [-0.4, -0.2) is 47.2 Å². The number of nitrogens with zero attached hydrogens (tertiary/aromatic N) is 2. The first-order valence-corrected chi connectivity index (χ1v) is 12.4. The van der Waals surface area contributed by atoms with Gasteiger partial charge in [0.05, 0.1) is 0 Å². The molecule has 162 valence electrons. The number of amides is 1. The van der Waals surface area contributed by atoms with Crippen LogP contribution >= 0.6 is 15.9 Å². The Morgan fingerprint density at radius 2 is 1.87 bits per heavy atom. The van der Waals surface area contributed by atoms with Crippen LogP contribution in [-0.2, 0) is 0 Å². The third-order valence-electron chi connectivity index (χ3n) is 7.04. The number of hydrogen-bond acceptors (Lipinski definition) is 3. The van der Waals surface area contributed by atoms with E-state index in [4.69, 9.17) is 4.74 Å². The minimum atomic E-state index is 0.0203. The Bertz CT molecular complexity index is 957. The molecule has 1 saturated heterocycles. The van der Waals surface area contributed by atoms with Crippen LogP contribution in [0.2, 0.25) is 0 Å². The molecule has 5 rings (SSSR count). The summed E-state index contributed by atoms with van der Waals surface area (Å²) in [6, 6.07) is 7.34. The molecule has 0 spiro atoms. The molecule has 1 N–H and O–H groups in total. The number of benzene rings is 1. The van der Waals surface area contributed by atoms with Crippen molar-refractivity contribution < 1.29 is 9.53 Å². The molecule has 2 atom stereocenters. The Kier molecular flexibility index (Phi) is 5.34. The molecule has 3 aliphatic rings. The van der Waals surface area contributed by atoms with Gasteiger partial charge in [0.2, 0.25) is 0 Å². The van der Waals surface area contributed by atoms with Crippen molar-refractivity contribution in [2.45, 2.75) is 69.5 Å². The summed E-state index contributed by atoms with van der Waals surface area (Å²) < 4.78 is 8.84. The predicted octanol–water partition coefficient (Wildman–Crippen LogP) is 5.04. The van der Waals surface area contributed by atoms with Gasteiger partial charge in [0.15, 0.2) is 0 Å². The highest BCUT2D eigenvalue weighted by Gasteiger charge is 2.34. The average Bonchev–Trinajstić information content (AvgIpc) is 3.51. The fourth-order valence-electron chi connectivity index (χ4n) is 4.99. The van der Waals surface area contributed by atoms with E-state index in [1.165, 1.54) is 18.4 Å². The number of piperidine rings is 1. The SMILES string of the molecule is CC(C)N1CCC(Oc2cc3cc4n(c3cc2[C@H](Br)C2CC2)C(C)CNC4=O)CC1. The van der Waals surface area contributed by atoms with Crippen molar-refractivity contribution in [3.63, 3.8) is 0 Å². The Labute approximate surface area is 187 Å². The quantitative estimate of drug-likeness (QED) is 0.618. The van der Waals surface area contributed by atoms with Gasteiger partial charge in [-0.1, -0.05) is 15.9 Å². The van der Waals surface area contributed by atoms with E-state index in [-0.39, 0.29) is 18.1 Å². The molecule has 1 saturated carbocycles. The average molecular weight is 474 g/mol. The zero-order chi connectivity index (χ0) is 21.0. The minimum Gasteiger partial charge on any atom is -0.490 e. The fourth-order valence-corrected chi connectivity index (χ4v) is 5.88. The highest BCUT2D eigenvalue weighted by atomic mass is 79.9. The lowest BCUT2D eigenvalue weighted by Crippen LogP contribution is -2.41. The van der Waals surface area contributed by atoms with Crippen molar-refractivity contribution in [3.05, 3.63) is 29.5 Å². The third-order valence-corrected chi connectivity index (χ3v) is 8.28. The topological polar surface area (TPSA) is 46.5 Å². The predicted molar refractivity (Wildman–Crippen MR) is 124 cm³/mol. The molecule has 1 aromatic heterocycles. The van der Waals surface area contributed by atoms with Crippen molar-refractivity contribution in [1.82, 2.24) is 14.8 Å². The second-order valence-electron chi connectivity index (χ2n) is 9.59. The van der Waals surface area contributed by atoms with Crippen LogP contribution in [0.25, 0.3) is 10.9 Å². The summed E-state index contributed by atoms with van der Waals surface area (Å²) >= 11 is 3.98. The van der Waals surface area contributed by atoms with Crippen LogP contribution < -0.4 is 10.1 Å². The molecule has 5 nitrogen and oxygen atoms in total. The lowest BCUT2D eigenvalue weighted by Gasteiger charge is -2.35. The number of nitrogens with one attached hydrogen (secondary N) is 1. The third kappa shape index (κ3) is 3.66. The molecule has 1 aliphatic carbocycles. The van der Waals surface area contributed by atoms with Crippen molar-refractivity contribution in [2.75, 3.05) is 19.6 Å². The molecule has 6 heteroatoms. The first-order chi connectivity index (χ1) is 14.4. The molecule has 0 radical (unpaired) electrons. The summed E-state index contributed by atoms with van der Waals surface area (Å²) in [5.41, 5.74) is 3.15. The van der Waals surface area contributed by atoms with Crippen molar-refractivity contribution in [1.29, 1.82) is 0 Å². The second-order valence-corrected chi connectivity index (χ2v) is 10.6. The van der Waals surface area contributed by atoms with E-state index >= 15 is 0 Å². The zero-order valence-electron chi connectivity index (χ0n) is 18.2. The lowest BCUT2D eigenvalue weighted by atomic mass is 10.0. The van der Waals surface area contributed by atoms with Gasteiger partial charge in [-0.2, -0.15) is 0 Å². The smallest absolute Gasteiger partial charge is 0.268 e. The summed E-state index contributed by atoms with van der Waals surface area (Å²) in [7, 11) is 0. The van der Waals surface area contributed by atoms with Gasteiger partial charge < -0.3 is 19.5 Å². The molecule has 0 bridgehead atoms. The van der Waals surface area contributed by atoms with Crippen molar-refractivity contribution in [2.24, 2.45) is 5.92 Å². The number of carbonyl (C=O) groups excluding carboxylic acids is 1. The molecule has 2 aliphatic heterocycles. The van der Waals surface area contributed by atoms with Gasteiger partial charge in [-0.05, 0) is 70.6 Å². The van der Waals surface area contributed by atoms with Gasteiger partial charge >= 0.3 is 0 Å². The Balaban J connectivity index is 1.50. The number of ether oxygens (including phenoxy) is 1. The van der Waals surface area contributed by atoms with Gasteiger partial charge in [-0.3, -0.25) is 4.79 Å². The number of rotatable bonds is 5. The van der Waals surface area contributed by atoms with Crippen LogP contribution in [0.5, 0.6) is 5.75 Å². The van der Waals surface area contributed by atoms with E-state index in [1.807, 2.05) is 6.07 Å². The van der Waals surface area contributed by atoms with Crippen LogP contribution in [0.15, 0.2) is 18.2 Å². The van der Waals surface area contributed by atoms with E-state index in [2.05, 4.69) is 63.6 Å². The van der Waals surface area contributed by atoms with E-state index in [1.54, 1.807) is 0 Å². The number of halogens is 1. The van der Waals surface area contributed by atoms with Crippen LogP contribution in [0, 0.1) is 5.92 Å². The fraction of sp³-hybridized carbons (Fsp3) is 0.625. The molecule has 2 fully saturated rings. The van der Waals surface area contributed by atoms with Crippen LogP contribution in [0.1, 0.15) is 73.4 Å². The molecule has 2 aromatic rings. The lowest BCUT2D eigenvalue weighted by molar-refractivity contribution is 0.0837. The number of carbonyl (C=O) groups is 1. The van der Waals surface area contributed by atoms with E-state index in [0.717, 1.165) is 48.3 Å². The summed E-state index contributed by atoms with van der Waals surface area (Å²) in [4.78, 5) is 15.3. The highest BCUT2D eigenvalue weighted by molar-refractivity contribution is 9.09. The Morgan fingerprint density at radius 1 is 1.13 bits per heavy atom. The van der Waals surface area contributed by atoms with E-state index in [9.17, 15) is 4.79 Å². The molecule has 1 amide bonds. The monoisotopic (exact) mass is 473 g/mol. The number of hydrogen-bond donors (Lipinski definition) is 1. The maximum atomic E-state index is 12.4. The van der Waals surface area contributed by atoms with Gasteiger partial charge in [-0.25, -0.2) is 0 Å². The minimum absolute atomic E-state index is 0.0203. The number of fused-ring (bicyclic) bond motifs is 3. The molecule has 1 unspecified atom stereocenters. The summed E-state index contributed by atoms with van der Waals surface area (Å²) in [5.74, 6) is 1.70. The zero-order valence-corrected chi connectivity index (χ0v) is 19.7. The number of alkyl halides is 1.